The maximum Gasteiger partial charge on any atom is 0.309 e. The highest BCUT2D eigenvalue weighted by atomic mass is 16.6. The molecule has 4 heteroatoms. The van der Waals surface area contributed by atoms with Gasteiger partial charge in [0, 0.05) is 6.42 Å². The maximum absolute atomic E-state index is 12.2. The first-order valence-electron chi connectivity index (χ1n) is 8.68. The van der Waals surface area contributed by atoms with Crippen molar-refractivity contribution in [2.75, 3.05) is 6.61 Å². The molecule has 4 nitrogen and oxygen atoms in total. The Balaban J connectivity index is 2.25. The standard InChI is InChI=1S/C18H30O4/c1-3-5-6-7-8-9-11-15(10-4-2)18(20)21-14-16-12-13-17(19)22-16/h6-7,15-16H,3-5,8-14H2,1-2H3. The van der Waals surface area contributed by atoms with Crippen LogP contribution in [0.5, 0.6) is 0 Å². The number of hydrogen-bond donors (Lipinski definition) is 0. The van der Waals surface area contributed by atoms with E-state index in [9.17, 15) is 9.59 Å². The van der Waals surface area contributed by atoms with Crippen molar-refractivity contribution in [3.63, 3.8) is 0 Å². The second-order valence-corrected chi connectivity index (χ2v) is 5.96. The third kappa shape index (κ3) is 7.62. The summed E-state index contributed by atoms with van der Waals surface area (Å²) in [6.07, 6.45) is 12.3. The number of carbonyl (C=O) groups is 2. The number of unbranched alkanes of at least 4 members (excludes halogenated alkanes) is 2. The Morgan fingerprint density at radius 3 is 2.68 bits per heavy atom. The first-order valence-corrected chi connectivity index (χ1v) is 8.68. The van der Waals surface area contributed by atoms with E-state index in [-0.39, 0.29) is 30.6 Å². The molecule has 1 rings (SSSR count). The van der Waals surface area contributed by atoms with Gasteiger partial charge in [-0.2, -0.15) is 0 Å². The summed E-state index contributed by atoms with van der Waals surface area (Å²) in [5, 5.41) is 0. The molecule has 1 aliphatic heterocycles. The monoisotopic (exact) mass is 310 g/mol. The van der Waals surface area contributed by atoms with Gasteiger partial charge in [-0.05, 0) is 38.5 Å². The van der Waals surface area contributed by atoms with E-state index >= 15 is 0 Å². The number of esters is 2. The van der Waals surface area contributed by atoms with Gasteiger partial charge in [0.1, 0.15) is 12.7 Å². The van der Waals surface area contributed by atoms with Crippen molar-refractivity contribution in [2.24, 2.45) is 5.92 Å². The van der Waals surface area contributed by atoms with Crippen LogP contribution < -0.4 is 0 Å². The first-order chi connectivity index (χ1) is 10.7. The zero-order valence-corrected chi connectivity index (χ0v) is 14.0. The largest absolute Gasteiger partial charge is 0.462 e. The third-order valence-electron chi connectivity index (χ3n) is 3.90. The second-order valence-electron chi connectivity index (χ2n) is 5.96. The van der Waals surface area contributed by atoms with Gasteiger partial charge in [-0.1, -0.05) is 38.8 Å². The normalized spacial score (nSPS) is 19.4. The van der Waals surface area contributed by atoms with Gasteiger partial charge in [-0.3, -0.25) is 9.59 Å². The van der Waals surface area contributed by atoms with E-state index in [1.165, 1.54) is 6.42 Å². The number of ether oxygens (including phenoxy) is 2. The van der Waals surface area contributed by atoms with E-state index in [1.807, 2.05) is 0 Å². The summed E-state index contributed by atoms with van der Waals surface area (Å²) in [5.41, 5.74) is 0. The molecule has 0 amide bonds. The van der Waals surface area contributed by atoms with Crippen molar-refractivity contribution in [3.8, 4) is 0 Å². The minimum absolute atomic E-state index is 0.0262. The number of rotatable bonds is 11. The van der Waals surface area contributed by atoms with Crippen molar-refractivity contribution in [2.45, 2.75) is 77.7 Å². The van der Waals surface area contributed by atoms with Crippen LogP contribution in [0.25, 0.3) is 0 Å². The van der Waals surface area contributed by atoms with Gasteiger partial charge < -0.3 is 9.47 Å². The molecule has 0 aromatic rings. The molecule has 1 aliphatic rings. The van der Waals surface area contributed by atoms with E-state index in [2.05, 4.69) is 26.0 Å². The van der Waals surface area contributed by atoms with Gasteiger partial charge in [0.25, 0.3) is 0 Å². The molecule has 1 saturated heterocycles. The molecule has 2 unspecified atom stereocenters. The van der Waals surface area contributed by atoms with Crippen LogP contribution in [0, 0.1) is 5.92 Å². The highest BCUT2D eigenvalue weighted by molar-refractivity contribution is 5.73. The Hall–Kier alpha value is -1.32. The average molecular weight is 310 g/mol. The fourth-order valence-corrected chi connectivity index (χ4v) is 2.61. The molecule has 0 saturated carbocycles. The van der Waals surface area contributed by atoms with Crippen LogP contribution in [0.4, 0.5) is 0 Å². The van der Waals surface area contributed by atoms with Gasteiger partial charge in [-0.25, -0.2) is 0 Å². The Labute approximate surface area is 134 Å². The van der Waals surface area contributed by atoms with Crippen LogP contribution in [-0.2, 0) is 19.1 Å². The van der Waals surface area contributed by atoms with Crippen LogP contribution >= 0.6 is 0 Å². The van der Waals surface area contributed by atoms with Crippen LogP contribution in [0.15, 0.2) is 12.2 Å². The van der Waals surface area contributed by atoms with Gasteiger partial charge >= 0.3 is 11.9 Å². The molecule has 126 valence electrons. The lowest BCUT2D eigenvalue weighted by Gasteiger charge is -2.16. The summed E-state index contributed by atoms with van der Waals surface area (Å²) in [4.78, 5) is 23.2. The van der Waals surface area contributed by atoms with Gasteiger partial charge in [0.2, 0.25) is 0 Å². The van der Waals surface area contributed by atoms with E-state index in [0.717, 1.165) is 38.5 Å². The van der Waals surface area contributed by atoms with Crippen molar-refractivity contribution in [1.82, 2.24) is 0 Å². The molecule has 0 spiro atoms. The predicted octanol–water partition coefficient (Wildman–Crippen LogP) is 4.18. The zero-order valence-electron chi connectivity index (χ0n) is 14.0. The number of cyclic esters (lactones) is 1. The Morgan fingerprint density at radius 2 is 2.05 bits per heavy atom. The van der Waals surface area contributed by atoms with E-state index < -0.39 is 0 Å². The smallest absolute Gasteiger partial charge is 0.309 e. The minimum atomic E-state index is -0.240. The molecule has 0 bridgehead atoms. The summed E-state index contributed by atoms with van der Waals surface area (Å²) < 4.78 is 10.4. The predicted molar refractivity (Wildman–Crippen MR) is 86.4 cm³/mol. The zero-order chi connectivity index (χ0) is 16.2. The lowest BCUT2D eigenvalue weighted by Crippen LogP contribution is -2.23. The summed E-state index contributed by atoms with van der Waals surface area (Å²) in [6, 6.07) is 0. The molecule has 0 radical (unpaired) electrons. The first kappa shape index (κ1) is 18.7. The average Bonchev–Trinajstić information content (AvgIpc) is 2.92. The summed E-state index contributed by atoms with van der Waals surface area (Å²) >= 11 is 0. The van der Waals surface area contributed by atoms with Crippen LogP contribution in [0.3, 0.4) is 0 Å². The minimum Gasteiger partial charge on any atom is -0.462 e. The van der Waals surface area contributed by atoms with Gasteiger partial charge in [0.05, 0.1) is 5.92 Å². The van der Waals surface area contributed by atoms with Crippen LogP contribution in [-0.4, -0.2) is 24.6 Å². The SMILES string of the molecule is CCCC=CCCCC(CCC)C(=O)OCC1CCC(=O)O1. The molecule has 22 heavy (non-hydrogen) atoms. The molecule has 0 aliphatic carbocycles. The fraction of sp³-hybridized carbons (Fsp3) is 0.778. The number of carbonyl (C=O) groups excluding carboxylic acids is 2. The molecule has 0 N–H and O–H groups in total. The number of allylic oxidation sites excluding steroid dienone is 2. The quantitative estimate of drug-likeness (QED) is 0.326. The summed E-state index contributed by atoms with van der Waals surface area (Å²) in [6.45, 7) is 4.46. The van der Waals surface area contributed by atoms with Crippen molar-refractivity contribution >= 4 is 11.9 Å². The Bertz CT molecular complexity index is 362. The molecule has 2 atom stereocenters. The van der Waals surface area contributed by atoms with Crippen LogP contribution in [0.2, 0.25) is 0 Å². The molecular formula is C18H30O4. The maximum atomic E-state index is 12.2. The Kier molecular flexibility index (Phi) is 9.60. The molecule has 0 aromatic heterocycles. The van der Waals surface area contributed by atoms with E-state index in [0.29, 0.717) is 12.8 Å². The second kappa shape index (κ2) is 11.3. The Morgan fingerprint density at radius 1 is 1.27 bits per heavy atom. The highest BCUT2D eigenvalue weighted by Crippen LogP contribution is 2.19. The van der Waals surface area contributed by atoms with E-state index in [1.54, 1.807) is 0 Å². The molecule has 1 fully saturated rings. The fourth-order valence-electron chi connectivity index (χ4n) is 2.61. The molecular weight excluding hydrogens is 280 g/mol. The third-order valence-corrected chi connectivity index (χ3v) is 3.90. The summed E-state index contributed by atoms with van der Waals surface area (Å²) in [7, 11) is 0. The number of hydrogen-bond acceptors (Lipinski definition) is 4. The van der Waals surface area contributed by atoms with Crippen LogP contribution in [0.1, 0.15) is 71.6 Å². The van der Waals surface area contributed by atoms with Gasteiger partial charge in [-0.15, -0.1) is 0 Å². The topological polar surface area (TPSA) is 52.6 Å². The lowest BCUT2D eigenvalue weighted by molar-refractivity contribution is -0.156. The van der Waals surface area contributed by atoms with E-state index in [4.69, 9.17) is 9.47 Å². The van der Waals surface area contributed by atoms with Crippen molar-refractivity contribution in [3.05, 3.63) is 12.2 Å². The van der Waals surface area contributed by atoms with Crippen molar-refractivity contribution in [1.29, 1.82) is 0 Å². The molecule has 0 aromatic carbocycles. The van der Waals surface area contributed by atoms with Crippen molar-refractivity contribution < 1.29 is 19.1 Å². The lowest BCUT2D eigenvalue weighted by atomic mass is 9.97. The summed E-state index contributed by atoms with van der Waals surface area (Å²) in [5.74, 6) is -0.353. The van der Waals surface area contributed by atoms with Gasteiger partial charge in [0.15, 0.2) is 0 Å². The highest BCUT2D eigenvalue weighted by Gasteiger charge is 2.26. The molecule has 1 heterocycles.